The highest BCUT2D eigenvalue weighted by molar-refractivity contribution is 6.29. The maximum Gasteiger partial charge on any atom is 0.242 e. The van der Waals surface area contributed by atoms with E-state index in [0.29, 0.717) is 6.61 Å². The Morgan fingerprint density at radius 2 is 1.94 bits per heavy atom. The van der Waals surface area contributed by atoms with Crippen molar-refractivity contribution >= 4 is 23.2 Å². The van der Waals surface area contributed by atoms with Crippen molar-refractivity contribution in [3.8, 4) is 0 Å². The van der Waals surface area contributed by atoms with Crippen molar-refractivity contribution < 1.29 is 9.53 Å². The molecule has 1 rings (SSSR count). The number of amides is 1. The lowest BCUT2D eigenvalue weighted by atomic mass is 10.1. The second-order valence-corrected chi connectivity index (χ2v) is 4.71. The Bertz CT molecular complexity index is 400. The third-order valence-electron chi connectivity index (χ3n) is 2.91. The number of carbonyl (C=O) groups is 1. The van der Waals surface area contributed by atoms with Gasteiger partial charge in [0.2, 0.25) is 5.91 Å². The van der Waals surface area contributed by atoms with E-state index in [0.717, 1.165) is 16.8 Å². The van der Waals surface area contributed by atoms with Crippen molar-refractivity contribution in [1.82, 2.24) is 0 Å². The first-order valence-electron chi connectivity index (χ1n) is 5.96. The summed E-state index contributed by atoms with van der Waals surface area (Å²) in [6.45, 7) is 6.43. The zero-order chi connectivity index (χ0) is 13.7. The van der Waals surface area contributed by atoms with E-state index in [1.807, 2.05) is 39.0 Å². The van der Waals surface area contributed by atoms with Gasteiger partial charge in [-0.3, -0.25) is 4.79 Å². The molecule has 0 aliphatic carbocycles. The van der Waals surface area contributed by atoms with E-state index in [1.54, 1.807) is 12.0 Å². The van der Waals surface area contributed by atoms with Crippen LogP contribution in [0.4, 0.5) is 5.69 Å². The molecule has 0 aromatic heterocycles. The molecule has 0 radical (unpaired) electrons. The third kappa shape index (κ3) is 3.24. The standard InChI is InChI=1S/C14H20ClNO2/c1-10-6-5-7-11(2)14(10)16(13(17)8-15)12(3)9-18-4/h5-7,12H,8-9H2,1-4H3. The molecule has 1 unspecified atom stereocenters. The molecule has 100 valence electrons. The van der Waals surface area contributed by atoms with Crippen LogP contribution in [0.5, 0.6) is 0 Å². The Labute approximate surface area is 114 Å². The summed E-state index contributed by atoms with van der Waals surface area (Å²) < 4.78 is 5.14. The lowest BCUT2D eigenvalue weighted by molar-refractivity contribution is -0.116. The number of carbonyl (C=O) groups excluding carboxylic acids is 1. The molecule has 0 aliphatic heterocycles. The summed E-state index contributed by atoms with van der Waals surface area (Å²) in [5.41, 5.74) is 3.07. The lowest BCUT2D eigenvalue weighted by Gasteiger charge is -2.31. The van der Waals surface area contributed by atoms with Gasteiger partial charge in [0.05, 0.1) is 12.6 Å². The van der Waals surface area contributed by atoms with Crippen LogP contribution < -0.4 is 4.90 Å². The largest absolute Gasteiger partial charge is 0.383 e. The predicted octanol–water partition coefficient (Wildman–Crippen LogP) is 2.91. The average Bonchev–Trinajstić information content (AvgIpc) is 2.33. The van der Waals surface area contributed by atoms with Crippen LogP contribution in [0.25, 0.3) is 0 Å². The van der Waals surface area contributed by atoms with Crippen LogP contribution in [-0.4, -0.2) is 31.5 Å². The Balaban J connectivity index is 3.21. The molecule has 0 saturated heterocycles. The third-order valence-corrected chi connectivity index (χ3v) is 3.14. The quantitative estimate of drug-likeness (QED) is 0.770. The summed E-state index contributed by atoms with van der Waals surface area (Å²) in [6, 6.07) is 5.94. The van der Waals surface area contributed by atoms with Gasteiger partial charge in [0, 0.05) is 12.8 Å². The second-order valence-electron chi connectivity index (χ2n) is 4.44. The second kappa shape index (κ2) is 6.76. The van der Waals surface area contributed by atoms with Crippen molar-refractivity contribution in [2.45, 2.75) is 26.8 Å². The normalized spacial score (nSPS) is 12.3. The molecule has 3 nitrogen and oxygen atoms in total. The number of hydrogen-bond donors (Lipinski definition) is 0. The minimum atomic E-state index is -0.0985. The van der Waals surface area contributed by atoms with E-state index in [2.05, 4.69) is 0 Å². The maximum absolute atomic E-state index is 12.1. The van der Waals surface area contributed by atoms with E-state index >= 15 is 0 Å². The molecule has 0 aliphatic rings. The zero-order valence-electron chi connectivity index (χ0n) is 11.4. The van der Waals surface area contributed by atoms with Crippen LogP contribution in [0.15, 0.2) is 18.2 Å². The van der Waals surface area contributed by atoms with E-state index in [9.17, 15) is 4.79 Å². The van der Waals surface area contributed by atoms with E-state index in [4.69, 9.17) is 16.3 Å². The summed E-state index contributed by atoms with van der Waals surface area (Å²) in [5.74, 6) is -0.124. The van der Waals surface area contributed by atoms with Crippen molar-refractivity contribution in [1.29, 1.82) is 0 Å². The summed E-state index contributed by atoms with van der Waals surface area (Å²) in [5, 5.41) is 0. The number of ether oxygens (including phenoxy) is 1. The Hall–Kier alpha value is -1.06. The highest BCUT2D eigenvalue weighted by Gasteiger charge is 2.23. The fraction of sp³-hybridized carbons (Fsp3) is 0.500. The van der Waals surface area contributed by atoms with E-state index in [1.165, 1.54) is 0 Å². The number of nitrogens with zero attached hydrogens (tertiary/aromatic N) is 1. The Morgan fingerprint density at radius 3 is 2.39 bits per heavy atom. The van der Waals surface area contributed by atoms with Gasteiger partial charge in [-0.15, -0.1) is 11.6 Å². The molecule has 0 fully saturated rings. The molecule has 1 atom stereocenters. The number of benzene rings is 1. The summed E-state index contributed by atoms with van der Waals surface area (Å²) in [6.07, 6.45) is 0. The van der Waals surface area contributed by atoms with Gasteiger partial charge in [-0.25, -0.2) is 0 Å². The number of halogens is 1. The summed E-state index contributed by atoms with van der Waals surface area (Å²) in [4.78, 5) is 13.8. The molecule has 18 heavy (non-hydrogen) atoms. The van der Waals surface area contributed by atoms with Crippen LogP contribution in [0.1, 0.15) is 18.1 Å². The molecule has 0 spiro atoms. The molecule has 4 heteroatoms. The molecule has 1 aromatic carbocycles. The van der Waals surface area contributed by atoms with Crippen LogP contribution >= 0.6 is 11.6 Å². The topological polar surface area (TPSA) is 29.5 Å². The van der Waals surface area contributed by atoms with E-state index < -0.39 is 0 Å². The fourth-order valence-electron chi connectivity index (χ4n) is 2.16. The molecular formula is C14H20ClNO2. The van der Waals surface area contributed by atoms with Crippen molar-refractivity contribution in [2.24, 2.45) is 0 Å². The number of alkyl halides is 1. The molecule has 0 saturated carbocycles. The number of rotatable bonds is 5. The maximum atomic E-state index is 12.1. The minimum Gasteiger partial charge on any atom is -0.383 e. The van der Waals surface area contributed by atoms with Crippen molar-refractivity contribution in [3.63, 3.8) is 0 Å². The van der Waals surface area contributed by atoms with Gasteiger partial charge in [-0.05, 0) is 31.9 Å². The van der Waals surface area contributed by atoms with Crippen LogP contribution in [0, 0.1) is 13.8 Å². The SMILES string of the molecule is COCC(C)N(C(=O)CCl)c1c(C)cccc1C. The molecule has 1 amide bonds. The lowest BCUT2D eigenvalue weighted by Crippen LogP contribution is -2.42. The average molecular weight is 270 g/mol. The minimum absolute atomic E-state index is 0.0260. The summed E-state index contributed by atoms with van der Waals surface area (Å²) in [7, 11) is 1.63. The summed E-state index contributed by atoms with van der Waals surface area (Å²) >= 11 is 5.71. The highest BCUT2D eigenvalue weighted by atomic mass is 35.5. The first-order valence-corrected chi connectivity index (χ1v) is 6.49. The van der Waals surface area contributed by atoms with Crippen LogP contribution in [0.3, 0.4) is 0 Å². The van der Waals surface area contributed by atoms with Crippen molar-refractivity contribution in [2.75, 3.05) is 24.5 Å². The number of hydrogen-bond acceptors (Lipinski definition) is 2. The van der Waals surface area contributed by atoms with Crippen LogP contribution in [0.2, 0.25) is 0 Å². The molecule has 0 heterocycles. The Kier molecular flexibility index (Phi) is 5.63. The monoisotopic (exact) mass is 269 g/mol. The van der Waals surface area contributed by atoms with Gasteiger partial charge in [0.25, 0.3) is 0 Å². The zero-order valence-corrected chi connectivity index (χ0v) is 12.1. The number of para-hydroxylation sites is 1. The molecule has 0 N–H and O–H groups in total. The van der Waals surface area contributed by atoms with Gasteiger partial charge >= 0.3 is 0 Å². The first-order chi connectivity index (χ1) is 8.52. The predicted molar refractivity (Wildman–Crippen MR) is 75.5 cm³/mol. The number of aryl methyl sites for hydroxylation is 2. The van der Waals surface area contributed by atoms with Gasteiger partial charge in [0.1, 0.15) is 5.88 Å². The number of methoxy groups -OCH3 is 1. The Morgan fingerprint density at radius 1 is 1.39 bits per heavy atom. The fourth-order valence-corrected chi connectivity index (χ4v) is 2.29. The molecular weight excluding hydrogens is 250 g/mol. The number of anilines is 1. The van der Waals surface area contributed by atoms with Crippen molar-refractivity contribution in [3.05, 3.63) is 29.3 Å². The molecule has 0 bridgehead atoms. The highest BCUT2D eigenvalue weighted by Crippen LogP contribution is 2.26. The van der Waals surface area contributed by atoms with Gasteiger partial charge in [0.15, 0.2) is 0 Å². The van der Waals surface area contributed by atoms with Gasteiger partial charge < -0.3 is 9.64 Å². The van der Waals surface area contributed by atoms with Gasteiger partial charge in [-0.2, -0.15) is 0 Å². The smallest absolute Gasteiger partial charge is 0.242 e. The van der Waals surface area contributed by atoms with Gasteiger partial charge in [-0.1, -0.05) is 18.2 Å². The molecule has 1 aromatic rings. The van der Waals surface area contributed by atoms with Crippen LogP contribution in [-0.2, 0) is 9.53 Å². The van der Waals surface area contributed by atoms with E-state index in [-0.39, 0.29) is 17.8 Å². The first kappa shape index (κ1) is 15.0.